The van der Waals surface area contributed by atoms with E-state index in [2.05, 4.69) is 0 Å². The zero-order chi connectivity index (χ0) is 14.4. The lowest BCUT2D eigenvalue weighted by Crippen LogP contribution is -2.14. The quantitative estimate of drug-likeness (QED) is 0.701. The number of nitriles is 1. The lowest BCUT2D eigenvalue weighted by molar-refractivity contribution is -0.147. The summed E-state index contributed by atoms with van der Waals surface area (Å²) < 4.78 is 0. The summed E-state index contributed by atoms with van der Waals surface area (Å²) in [5.41, 5.74) is 1.10. The van der Waals surface area contributed by atoms with Crippen LogP contribution in [0.4, 0.5) is 0 Å². The summed E-state index contributed by atoms with van der Waals surface area (Å²) in [6.07, 6.45) is -1.80. The van der Waals surface area contributed by atoms with Gasteiger partial charge >= 0.3 is 11.9 Å². The Morgan fingerprint density at radius 2 is 2.00 bits per heavy atom. The molecule has 1 rings (SSSR count). The Kier molecular flexibility index (Phi) is 5.03. The Hall–Kier alpha value is -2.39. The molecule has 0 aliphatic carbocycles. The molecule has 0 saturated carbocycles. The molecule has 0 aliphatic rings. The van der Waals surface area contributed by atoms with Crippen molar-refractivity contribution in [3.8, 4) is 6.07 Å². The molecule has 6 heteroatoms. The van der Waals surface area contributed by atoms with E-state index in [9.17, 15) is 14.7 Å². The molecule has 1 unspecified atom stereocenters. The summed E-state index contributed by atoms with van der Waals surface area (Å²) >= 11 is 0. The Bertz CT molecular complexity index is 532. The van der Waals surface area contributed by atoms with E-state index in [1.807, 2.05) is 6.07 Å². The van der Waals surface area contributed by atoms with Gasteiger partial charge in [0.2, 0.25) is 0 Å². The first-order chi connectivity index (χ1) is 8.97. The molecule has 6 nitrogen and oxygen atoms in total. The highest BCUT2D eigenvalue weighted by atomic mass is 16.4. The van der Waals surface area contributed by atoms with Crippen molar-refractivity contribution in [3.63, 3.8) is 0 Å². The minimum absolute atomic E-state index is 0.0368. The summed E-state index contributed by atoms with van der Waals surface area (Å²) in [5, 5.41) is 35.8. The van der Waals surface area contributed by atoms with Crippen LogP contribution in [-0.2, 0) is 22.4 Å². The highest BCUT2D eigenvalue weighted by Gasteiger charge is 2.21. The van der Waals surface area contributed by atoms with Crippen LogP contribution in [0.5, 0.6) is 0 Å². The van der Waals surface area contributed by atoms with Crippen molar-refractivity contribution in [1.29, 1.82) is 5.26 Å². The lowest BCUT2D eigenvalue weighted by Gasteiger charge is -2.15. The number of hydrogen-bond acceptors (Lipinski definition) is 4. The first kappa shape index (κ1) is 14.7. The van der Waals surface area contributed by atoms with Gasteiger partial charge in [0.05, 0.1) is 12.5 Å². The van der Waals surface area contributed by atoms with Crippen LogP contribution in [-0.4, -0.2) is 27.3 Å². The number of carbonyl (C=O) groups is 2. The molecule has 3 N–H and O–H groups in total. The normalized spacial score (nSPS) is 11.6. The van der Waals surface area contributed by atoms with Crippen molar-refractivity contribution in [1.82, 2.24) is 0 Å². The zero-order valence-corrected chi connectivity index (χ0v) is 10.0. The van der Waals surface area contributed by atoms with Gasteiger partial charge in [0, 0.05) is 6.42 Å². The summed E-state index contributed by atoms with van der Waals surface area (Å²) in [6, 6.07) is 6.52. The molecule has 100 valence electrons. The number of aliphatic hydroxyl groups is 1. The van der Waals surface area contributed by atoms with Gasteiger partial charge in [-0.2, -0.15) is 5.26 Å². The van der Waals surface area contributed by atoms with Gasteiger partial charge in [0.1, 0.15) is 0 Å². The van der Waals surface area contributed by atoms with E-state index in [1.165, 1.54) is 6.07 Å². The van der Waals surface area contributed by atoms with Gasteiger partial charge in [0.25, 0.3) is 0 Å². The van der Waals surface area contributed by atoms with Crippen molar-refractivity contribution in [2.24, 2.45) is 0 Å². The van der Waals surface area contributed by atoms with E-state index < -0.39 is 18.0 Å². The van der Waals surface area contributed by atoms with Crippen molar-refractivity contribution in [2.75, 3.05) is 0 Å². The second kappa shape index (κ2) is 6.52. The summed E-state index contributed by atoms with van der Waals surface area (Å²) in [6.45, 7) is 0. The maximum Gasteiger partial charge on any atom is 0.337 e. The van der Waals surface area contributed by atoms with Gasteiger partial charge in [-0.1, -0.05) is 18.2 Å². The van der Waals surface area contributed by atoms with Gasteiger partial charge < -0.3 is 15.3 Å². The third-order valence-electron chi connectivity index (χ3n) is 2.70. The van der Waals surface area contributed by atoms with Crippen LogP contribution in [0.3, 0.4) is 0 Å². The number of carboxylic acids is 2. The third-order valence-corrected chi connectivity index (χ3v) is 2.70. The van der Waals surface area contributed by atoms with E-state index >= 15 is 0 Å². The van der Waals surface area contributed by atoms with Gasteiger partial charge in [-0.15, -0.1) is 0 Å². The molecule has 1 aromatic carbocycles. The van der Waals surface area contributed by atoms with Gasteiger partial charge in [-0.3, -0.25) is 4.79 Å². The fourth-order valence-electron chi connectivity index (χ4n) is 1.83. The Balaban J connectivity index is 3.21. The molecule has 0 heterocycles. The van der Waals surface area contributed by atoms with Crippen LogP contribution in [0.15, 0.2) is 18.2 Å². The number of aliphatic carboxylic acids is 2. The summed E-state index contributed by atoms with van der Waals surface area (Å²) in [5.74, 6) is -2.44. The van der Waals surface area contributed by atoms with Crippen LogP contribution in [0.2, 0.25) is 0 Å². The Labute approximate surface area is 109 Å². The third kappa shape index (κ3) is 3.79. The van der Waals surface area contributed by atoms with Crippen LogP contribution in [0.1, 0.15) is 29.2 Å². The molecule has 1 aromatic rings. The topological polar surface area (TPSA) is 119 Å². The van der Waals surface area contributed by atoms with E-state index in [0.717, 1.165) is 0 Å². The van der Waals surface area contributed by atoms with Crippen LogP contribution >= 0.6 is 0 Å². The van der Waals surface area contributed by atoms with Crippen molar-refractivity contribution < 1.29 is 24.9 Å². The molecule has 0 saturated heterocycles. The molecule has 0 aromatic heterocycles. The number of benzene rings is 1. The molecule has 0 amide bonds. The van der Waals surface area contributed by atoms with Gasteiger partial charge in [-0.05, 0) is 23.1 Å². The number of nitrogens with zero attached hydrogens (tertiary/aromatic N) is 1. The minimum atomic E-state index is -1.72. The summed E-state index contributed by atoms with van der Waals surface area (Å²) in [7, 11) is 0. The first-order valence-electron chi connectivity index (χ1n) is 5.57. The van der Waals surface area contributed by atoms with Crippen molar-refractivity contribution >= 4 is 11.9 Å². The number of hydrogen-bond donors (Lipinski definition) is 3. The second-order valence-corrected chi connectivity index (χ2v) is 3.95. The average molecular weight is 263 g/mol. The van der Waals surface area contributed by atoms with Crippen molar-refractivity contribution in [3.05, 3.63) is 34.9 Å². The predicted molar refractivity (Wildman–Crippen MR) is 64.3 cm³/mol. The van der Waals surface area contributed by atoms with Crippen LogP contribution < -0.4 is 0 Å². The van der Waals surface area contributed by atoms with Gasteiger partial charge in [-0.25, -0.2) is 4.79 Å². The highest BCUT2D eigenvalue weighted by molar-refractivity contribution is 5.75. The summed E-state index contributed by atoms with van der Waals surface area (Å²) in [4.78, 5) is 21.4. The van der Waals surface area contributed by atoms with Crippen LogP contribution in [0, 0.1) is 11.3 Å². The molecule has 0 fully saturated rings. The number of rotatable bonds is 6. The van der Waals surface area contributed by atoms with Crippen LogP contribution in [0.25, 0.3) is 0 Å². The molecule has 19 heavy (non-hydrogen) atoms. The van der Waals surface area contributed by atoms with E-state index in [4.69, 9.17) is 15.5 Å². The van der Waals surface area contributed by atoms with Gasteiger partial charge in [0.15, 0.2) is 6.10 Å². The molecular formula is C13H13NO5. The molecular weight excluding hydrogens is 250 g/mol. The molecule has 0 bridgehead atoms. The number of carboxylic acid groups (broad SMARTS) is 2. The van der Waals surface area contributed by atoms with Crippen molar-refractivity contribution in [2.45, 2.75) is 25.4 Å². The fraction of sp³-hybridized carbons (Fsp3) is 0.308. The monoisotopic (exact) mass is 263 g/mol. The predicted octanol–water partition coefficient (Wildman–Crippen LogP) is 0.888. The Morgan fingerprint density at radius 1 is 1.32 bits per heavy atom. The largest absolute Gasteiger partial charge is 0.481 e. The number of aliphatic hydroxyl groups excluding tert-OH is 1. The lowest BCUT2D eigenvalue weighted by atomic mass is 9.92. The van der Waals surface area contributed by atoms with E-state index in [0.29, 0.717) is 11.1 Å². The molecule has 1 atom stereocenters. The average Bonchev–Trinajstić information content (AvgIpc) is 2.36. The first-order valence-corrected chi connectivity index (χ1v) is 5.57. The molecule has 0 aliphatic heterocycles. The maximum absolute atomic E-state index is 10.8. The highest BCUT2D eigenvalue weighted by Crippen LogP contribution is 2.24. The molecule has 0 radical (unpaired) electrons. The smallest absolute Gasteiger partial charge is 0.337 e. The second-order valence-electron chi connectivity index (χ2n) is 3.95. The van der Waals surface area contributed by atoms with E-state index in [1.54, 1.807) is 12.1 Å². The fourth-order valence-corrected chi connectivity index (χ4v) is 1.83. The zero-order valence-electron chi connectivity index (χ0n) is 10.0. The molecule has 0 spiro atoms. The van der Waals surface area contributed by atoms with E-state index in [-0.39, 0.29) is 24.8 Å². The SMILES string of the molecule is N#CCc1cccc(C(O)C(=O)O)c1CCC(=O)O. The standard InChI is InChI=1S/C13H13NO5/c14-7-6-8-2-1-3-10(12(17)13(18)19)9(8)4-5-11(15)16/h1-3,12,17H,4-6H2,(H,15,16)(H,18,19). The minimum Gasteiger partial charge on any atom is -0.481 e. The maximum atomic E-state index is 10.8. The Morgan fingerprint density at radius 3 is 2.53 bits per heavy atom.